The largest absolute Gasteiger partial charge is 0.400 e. The first kappa shape index (κ1) is 23.2. The van der Waals surface area contributed by atoms with Gasteiger partial charge < -0.3 is 8.85 Å². The van der Waals surface area contributed by atoms with Gasteiger partial charge >= 0.3 is 11.8 Å². The molecule has 1 fully saturated rings. The van der Waals surface area contributed by atoms with Gasteiger partial charge in [-0.25, -0.2) is 0 Å². The molecule has 0 unspecified atom stereocenters. The lowest BCUT2D eigenvalue weighted by Gasteiger charge is -2.68. The van der Waals surface area contributed by atoms with Gasteiger partial charge in [0, 0.05) is 0 Å². The van der Waals surface area contributed by atoms with E-state index in [4.69, 9.17) is 8.85 Å². The predicted octanol–water partition coefficient (Wildman–Crippen LogP) is 6.76. The summed E-state index contributed by atoms with van der Waals surface area (Å²) in [6.45, 7) is 10.3. The Morgan fingerprint density at radius 3 is 1.03 bits per heavy atom. The summed E-state index contributed by atoms with van der Waals surface area (Å²) in [6, 6.07) is 15.2. The van der Waals surface area contributed by atoms with Crippen molar-refractivity contribution in [3.8, 4) is 0 Å². The summed E-state index contributed by atoms with van der Waals surface area (Å²) in [5.74, 6) is -8.95. The molecular weight excluding hydrogens is 428 g/mol. The molecule has 3 rings (SSSR count). The Bertz CT molecular complexity index is 819. The van der Waals surface area contributed by atoms with E-state index in [1.54, 1.807) is 75.7 Å². The minimum absolute atomic E-state index is 0.00884. The van der Waals surface area contributed by atoms with Crippen molar-refractivity contribution in [2.24, 2.45) is 0 Å². The molecule has 0 heterocycles. The molecule has 0 N–H and O–H groups in total. The Labute approximate surface area is 177 Å². The topological polar surface area (TPSA) is 18.5 Å². The van der Waals surface area contributed by atoms with E-state index in [0.29, 0.717) is 0 Å². The van der Waals surface area contributed by atoms with E-state index in [9.17, 15) is 0 Å². The molecule has 1 saturated carbocycles. The van der Waals surface area contributed by atoms with Crippen LogP contribution in [0.25, 0.3) is 0 Å². The minimum atomic E-state index is -4.48. The Morgan fingerprint density at radius 1 is 0.533 bits per heavy atom. The van der Waals surface area contributed by atoms with Crippen LogP contribution in [-0.2, 0) is 20.1 Å². The third-order valence-electron chi connectivity index (χ3n) is 5.05. The highest BCUT2D eigenvalue weighted by Crippen LogP contribution is 2.76. The molecule has 2 nitrogen and oxygen atoms in total. The molecule has 0 aliphatic heterocycles. The maximum atomic E-state index is 15.7. The molecule has 1 aliphatic rings. The molecule has 164 valence electrons. The fraction of sp³-hybridized carbons (Fsp3) is 0.455. The number of rotatable bonds is 6. The van der Waals surface area contributed by atoms with Crippen LogP contribution in [-0.4, -0.2) is 28.5 Å². The van der Waals surface area contributed by atoms with Gasteiger partial charge in [0.2, 0.25) is 0 Å². The Balaban J connectivity index is 2.47. The second kappa shape index (κ2) is 7.01. The van der Waals surface area contributed by atoms with E-state index in [2.05, 4.69) is 0 Å². The van der Waals surface area contributed by atoms with Gasteiger partial charge in [0.05, 0.1) is 0 Å². The second-order valence-electron chi connectivity index (χ2n) is 9.67. The van der Waals surface area contributed by atoms with E-state index < -0.39 is 39.7 Å². The average molecular weight is 457 g/mol. The lowest BCUT2D eigenvalue weighted by Crippen LogP contribution is -2.88. The predicted molar refractivity (Wildman–Crippen MR) is 115 cm³/mol. The summed E-state index contributed by atoms with van der Waals surface area (Å²) in [6.07, 6.45) is 0. The number of hydrogen-bond donors (Lipinski definition) is 0. The normalized spacial score (nSPS) is 28.1. The van der Waals surface area contributed by atoms with Crippen LogP contribution in [0.3, 0.4) is 0 Å². The molecule has 0 spiro atoms. The first-order valence-corrected chi connectivity index (χ1v) is 16.7. The van der Waals surface area contributed by atoms with Crippen LogP contribution in [0, 0.1) is 0 Å². The van der Waals surface area contributed by atoms with Crippen LogP contribution in [0.4, 0.5) is 17.6 Å². The molecule has 0 bridgehead atoms. The molecule has 0 aromatic heterocycles. The van der Waals surface area contributed by atoms with Crippen LogP contribution in [0.2, 0.25) is 39.3 Å². The van der Waals surface area contributed by atoms with Gasteiger partial charge in [-0.15, -0.1) is 0 Å². The van der Waals surface area contributed by atoms with Gasteiger partial charge in [0.25, 0.3) is 0 Å². The minimum Gasteiger partial charge on any atom is -0.400 e. The highest BCUT2D eigenvalue weighted by atomic mass is 28.4. The second-order valence-corrected chi connectivity index (χ2v) is 18.5. The monoisotopic (exact) mass is 456 g/mol. The zero-order valence-electron chi connectivity index (χ0n) is 18.1. The molecule has 1 aliphatic carbocycles. The highest BCUT2D eigenvalue weighted by Gasteiger charge is 2.97. The van der Waals surface area contributed by atoms with E-state index in [1.165, 1.54) is 24.3 Å². The Morgan fingerprint density at radius 2 is 0.800 bits per heavy atom. The molecule has 0 amide bonds. The van der Waals surface area contributed by atoms with Crippen molar-refractivity contribution < 1.29 is 26.4 Å². The van der Waals surface area contributed by atoms with E-state index in [-0.39, 0.29) is 11.1 Å². The van der Waals surface area contributed by atoms with Crippen molar-refractivity contribution in [1.29, 1.82) is 0 Å². The zero-order valence-corrected chi connectivity index (χ0v) is 20.1. The van der Waals surface area contributed by atoms with Crippen LogP contribution in [0.15, 0.2) is 60.7 Å². The van der Waals surface area contributed by atoms with Crippen LogP contribution in [0.5, 0.6) is 0 Å². The summed E-state index contributed by atoms with van der Waals surface area (Å²) in [4.78, 5) is 0. The number of halogens is 4. The summed E-state index contributed by atoms with van der Waals surface area (Å²) >= 11 is 0. The fourth-order valence-corrected chi connectivity index (χ4v) is 6.86. The molecule has 2 aromatic carbocycles. The first-order valence-electron chi connectivity index (χ1n) is 9.89. The molecule has 2 atom stereocenters. The van der Waals surface area contributed by atoms with Crippen molar-refractivity contribution in [3.63, 3.8) is 0 Å². The van der Waals surface area contributed by atoms with Crippen LogP contribution >= 0.6 is 0 Å². The standard InChI is InChI=1S/C22H28F4O2Si2/c1-29(2,3)27-19(17-13-9-7-10-14-17)20(28-30(4,5)6,18-15-11-8-12-16-18)22(25,26)21(19,23)24/h7-16H,1-6H3/t19-,20-/m1/s1. The van der Waals surface area contributed by atoms with Gasteiger partial charge in [-0.05, 0) is 50.4 Å². The van der Waals surface area contributed by atoms with Gasteiger partial charge in [-0.1, -0.05) is 60.7 Å². The number of benzene rings is 2. The van der Waals surface area contributed by atoms with Crippen molar-refractivity contribution >= 4 is 16.6 Å². The lowest BCUT2D eigenvalue weighted by atomic mass is 9.53. The summed E-state index contributed by atoms with van der Waals surface area (Å²) in [5, 5.41) is 0. The third kappa shape index (κ3) is 3.11. The summed E-state index contributed by atoms with van der Waals surface area (Å²) in [5.41, 5.74) is -5.33. The maximum absolute atomic E-state index is 15.7. The van der Waals surface area contributed by atoms with Gasteiger partial charge in [0.15, 0.2) is 27.8 Å². The van der Waals surface area contributed by atoms with Gasteiger partial charge in [-0.3, -0.25) is 0 Å². The summed E-state index contributed by atoms with van der Waals surface area (Å²) < 4.78 is 75.0. The summed E-state index contributed by atoms with van der Waals surface area (Å²) in [7, 11) is -5.54. The lowest BCUT2D eigenvalue weighted by molar-refractivity contribution is -0.478. The molecular formula is C22H28F4O2Si2. The fourth-order valence-electron chi connectivity index (χ4n) is 4.24. The molecule has 2 aromatic rings. The first-order chi connectivity index (χ1) is 13.6. The van der Waals surface area contributed by atoms with Crippen molar-refractivity contribution in [1.82, 2.24) is 0 Å². The molecule has 0 radical (unpaired) electrons. The number of hydrogen-bond acceptors (Lipinski definition) is 2. The average Bonchev–Trinajstić information content (AvgIpc) is 2.63. The van der Waals surface area contributed by atoms with Gasteiger partial charge in [0.1, 0.15) is 0 Å². The van der Waals surface area contributed by atoms with Crippen molar-refractivity contribution in [2.75, 3.05) is 0 Å². The SMILES string of the molecule is C[Si](C)(C)O[C@@]1(c2ccccc2)C(F)(F)C(F)(F)[C@@]1(O[Si](C)(C)C)c1ccccc1. The molecule has 30 heavy (non-hydrogen) atoms. The zero-order chi connectivity index (χ0) is 22.6. The third-order valence-corrected chi connectivity index (χ3v) is 6.89. The number of alkyl halides is 4. The highest BCUT2D eigenvalue weighted by molar-refractivity contribution is 6.70. The maximum Gasteiger partial charge on any atom is 0.348 e. The molecule has 8 heteroatoms. The van der Waals surface area contributed by atoms with Crippen molar-refractivity contribution in [3.05, 3.63) is 71.8 Å². The van der Waals surface area contributed by atoms with E-state index in [1.807, 2.05) is 0 Å². The van der Waals surface area contributed by atoms with E-state index in [0.717, 1.165) is 0 Å². The quantitative estimate of drug-likeness (QED) is 0.353. The Kier molecular flexibility index (Phi) is 5.42. The van der Waals surface area contributed by atoms with Crippen LogP contribution in [0.1, 0.15) is 11.1 Å². The Hall–Kier alpha value is -1.49. The van der Waals surface area contributed by atoms with Crippen LogP contribution < -0.4 is 0 Å². The van der Waals surface area contributed by atoms with Gasteiger partial charge in [-0.2, -0.15) is 17.6 Å². The molecule has 0 saturated heterocycles. The smallest absolute Gasteiger partial charge is 0.348 e. The van der Waals surface area contributed by atoms with Crippen molar-refractivity contribution in [2.45, 2.75) is 62.3 Å². The van der Waals surface area contributed by atoms with E-state index >= 15 is 17.6 Å².